The summed E-state index contributed by atoms with van der Waals surface area (Å²) in [6, 6.07) is 9.51. The Hall–Kier alpha value is -0.860. The van der Waals surface area contributed by atoms with Gasteiger partial charge in [-0.05, 0) is 50.3 Å². The van der Waals surface area contributed by atoms with E-state index in [2.05, 4.69) is 50.4 Å². The van der Waals surface area contributed by atoms with Gasteiger partial charge < -0.3 is 10.1 Å². The molecule has 0 fully saturated rings. The summed E-state index contributed by atoms with van der Waals surface area (Å²) < 4.78 is 5.39. The van der Waals surface area contributed by atoms with Crippen LogP contribution in [0.5, 0.6) is 0 Å². The molecule has 2 heteroatoms. The number of benzene rings is 1. The summed E-state index contributed by atoms with van der Waals surface area (Å²) in [5.41, 5.74) is 2.82. The molecule has 2 nitrogen and oxygen atoms in total. The molecule has 1 aromatic carbocycles. The quantitative estimate of drug-likeness (QED) is 0.735. The van der Waals surface area contributed by atoms with Crippen molar-refractivity contribution in [1.29, 1.82) is 0 Å². The van der Waals surface area contributed by atoms with E-state index < -0.39 is 0 Å². The van der Waals surface area contributed by atoms with E-state index in [0.29, 0.717) is 12.1 Å². The molecule has 0 aromatic heterocycles. The van der Waals surface area contributed by atoms with Crippen molar-refractivity contribution >= 4 is 0 Å². The fraction of sp³-hybridized carbons (Fsp3) is 0.647. The third kappa shape index (κ3) is 6.22. The molecular formula is C17H29NO. The molecule has 0 saturated heterocycles. The van der Waals surface area contributed by atoms with Gasteiger partial charge in [-0.3, -0.25) is 0 Å². The van der Waals surface area contributed by atoms with Crippen LogP contribution in [-0.4, -0.2) is 25.8 Å². The lowest BCUT2D eigenvalue weighted by Crippen LogP contribution is -2.35. The first-order valence-electron chi connectivity index (χ1n) is 7.53. The van der Waals surface area contributed by atoms with Gasteiger partial charge in [-0.1, -0.05) is 38.1 Å². The van der Waals surface area contributed by atoms with Crippen LogP contribution in [0.25, 0.3) is 0 Å². The number of methoxy groups -OCH3 is 1. The van der Waals surface area contributed by atoms with Crippen LogP contribution in [0, 0.1) is 0 Å². The fourth-order valence-corrected chi connectivity index (χ4v) is 2.28. The Morgan fingerprint density at radius 3 is 2.26 bits per heavy atom. The van der Waals surface area contributed by atoms with Gasteiger partial charge in [-0.25, -0.2) is 0 Å². The molecule has 1 rings (SSSR count). The number of hydrogen-bond acceptors (Lipinski definition) is 2. The highest BCUT2D eigenvalue weighted by molar-refractivity contribution is 5.23. The zero-order valence-corrected chi connectivity index (χ0v) is 12.9. The maximum Gasteiger partial charge on any atom is 0.0558 e. The average molecular weight is 263 g/mol. The number of rotatable bonds is 9. The Balaban J connectivity index is 2.58. The van der Waals surface area contributed by atoms with Crippen LogP contribution >= 0.6 is 0 Å². The third-order valence-corrected chi connectivity index (χ3v) is 3.62. The van der Waals surface area contributed by atoms with Gasteiger partial charge in [0.05, 0.1) is 6.10 Å². The van der Waals surface area contributed by atoms with E-state index in [1.807, 2.05) is 0 Å². The lowest BCUT2D eigenvalue weighted by atomic mass is 9.99. The van der Waals surface area contributed by atoms with Crippen LogP contribution in [0.15, 0.2) is 24.3 Å². The number of ether oxygens (including phenoxy) is 1. The van der Waals surface area contributed by atoms with Crippen LogP contribution in [0.4, 0.5) is 0 Å². The van der Waals surface area contributed by atoms with Gasteiger partial charge in [-0.2, -0.15) is 0 Å². The monoisotopic (exact) mass is 263 g/mol. The first-order valence-corrected chi connectivity index (χ1v) is 7.53. The molecule has 0 radical (unpaired) electrons. The predicted octanol–water partition coefficient (Wildman–Crippen LogP) is 3.58. The molecule has 2 unspecified atom stereocenters. The normalized spacial score (nSPS) is 14.3. The summed E-state index contributed by atoms with van der Waals surface area (Å²) in [7, 11) is 1.79. The lowest BCUT2D eigenvalue weighted by Gasteiger charge is -2.22. The molecule has 0 aliphatic heterocycles. The molecule has 0 saturated carbocycles. The summed E-state index contributed by atoms with van der Waals surface area (Å²) >= 11 is 0. The van der Waals surface area contributed by atoms with Crippen molar-refractivity contribution in [3.05, 3.63) is 35.4 Å². The Morgan fingerprint density at radius 2 is 1.74 bits per heavy atom. The van der Waals surface area contributed by atoms with Crippen LogP contribution in [0.1, 0.15) is 44.7 Å². The van der Waals surface area contributed by atoms with E-state index in [0.717, 1.165) is 25.8 Å². The number of nitrogens with one attached hydrogen (secondary N) is 1. The summed E-state index contributed by atoms with van der Waals surface area (Å²) in [6.45, 7) is 7.62. The van der Waals surface area contributed by atoms with Gasteiger partial charge in [0.1, 0.15) is 0 Å². The van der Waals surface area contributed by atoms with Crippen LogP contribution < -0.4 is 5.32 Å². The Kier molecular flexibility index (Phi) is 7.76. The summed E-state index contributed by atoms with van der Waals surface area (Å²) in [5.74, 6) is 0. The molecule has 0 aliphatic carbocycles. The molecule has 2 atom stereocenters. The molecule has 0 aliphatic rings. The van der Waals surface area contributed by atoms with Gasteiger partial charge in [-0.15, -0.1) is 0 Å². The zero-order chi connectivity index (χ0) is 14.1. The van der Waals surface area contributed by atoms with Gasteiger partial charge in [0.2, 0.25) is 0 Å². The van der Waals surface area contributed by atoms with Crippen molar-refractivity contribution in [2.45, 2.75) is 58.6 Å². The molecule has 0 heterocycles. The van der Waals surface area contributed by atoms with Crippen molar-refractivity contribution in [2.24, 2.45) is 0 Å². The molecular weight excluding hydrogens is 234 g/mol. The largest absolute Gasteiger partial charge is 0.382 e. The fourth-order valence-electron chi connectivity index (χ4n) is 2.28. The minimum atomic E-state index is 0.310. The van der Waals surface area contributed by atoms with Crippen molar-refractivity contribution in [3.63, 3.8) is 0 Å². The Bertz CT molecular complexity index is 334. The molecule has 0 spiro atoms. The maximum absolute atomic E-state index is 5.39. The van der Waals surface area contributed by atoms with E-state index in [1.165, 1.54) is 17.5 Å². The van der Waals surface area contributed by atoms with Crippen LogP contribution in [0.3, 0.4) is 0 Å². The highest BCUT2D eigenvalue weighted by atomic mass is 16.5. The number of aryl methyl sites for hydroxylation is 1. The van der Waals surface area contributed by atoms with Crippen molar-refractivity contribution in [3.8, 4) is 0 Å². The van der Waals surface area contributed by atoms with E-state index in [-0.39, 0.29) is 0 Å². The first-order chi connectivity index (χ1) is 9.19. The minimum Gasteiger partial charge on any atom is -0.382 e. The molecule has 0 bridgehead atoms. The Labute approximate surface area is 118 Å². The third-order valence-electron chi connectivity index (χ3n) is 3.62. The molecule has 108 valence electrons. The van der Waals surface area contributed by atoms with Crippen LogP contribution in [-0.2, 0) is 17.6 Å². The molecule has 19 heavy (non-hydrogen) atoms. The van der Waals surface area contributed by atoms with Crippen molar-refractivity contribution in [2.75, 3.05) is 13.7 Å². The second-order valence-electron chi connectivity index (χ2n) is 5.31. The van der Waals surface area contributed by atoms with Crippen molar-refractivity contribution in [1.82, 2.24) is 5.32 Å². The smallest absolute Gasteiger partial charge is 0.0558 e. The van der Waals surface area contributed by atoms with Gasteiger partial charge in [0.15, 0.2) is 0 Å². The van der Waals surface area contributed by atoms with E-state index in [9.17, 15) is 0 Å². The standard InChI is InChI=1S/C17H29NO/c1-5-11-18-17(12-14(3)19-4)13-16-9-7-15(6-2)8-10-16/h7-10,14,17-18H,5-6,11-13H2,1-4H3. The van der Waals surface area contributed by atoms with Gasteiger partial charge in [0, 0.05) is 13.2 Å². The molecule has 1 aromatic rings. The number of hydrogen-bond donors (Lipinski definition) is 1. The summed E-state index contributed by atoms with van der Waals surface area (Å²) in [5, 5.41) is 3.63. The predicted molar refractivity (Wildman–Crippen MR) is 82.7 cm³/mol. The van der Waals surface area contributed by atoms with Crippen LogP contribution in [0.2, 0.25) is 0 Å². The molecule has 1 N–H and O–H groups in total. The van der Waals surface area contributed by atoms with Crippen molar-refractivity contribution < 1.29 is 4.74 Å². The SMILES string of the molecule is CCCNC(Cc1ccc(CC)cc1)CC(C)OC. The van der Waals surface area contributed by atoms with Gasteiger partial charge >= 0.3 is 0 Å². The van der Waals surface area contributed by atoms with Gasteiger partial charge in [0.25, 0.3) is 0 Å². The Morgan fingerprint density at radius 1 is 1.11 bits per heavy atom. The summed E-state index contributed by atoms with van der Waals surface area (Å²) in [6.07, 6.45) is 4.73. The maximum atomic E-state index is 5.39. The zero-order valence-electron chi connectivity index (χ0n) is 12.9. The van der Waals surface area contributed by atoms with E-state index in [1.54, 1.807) is 7.11 Å². The highest BCUT2D eigenvalue weighted by Gasteiger charge is 2.12. The van der Waals surface area contributed by atoms with E-state index in [4.69, 9.17) is 4.74 Å². The average Bonchev–Trinajstić information content (AvgIpc) is 2.45. The second kappa shape index (κ2) is 9.11. The lowest BCUT2D eigenvalue weighted by molar-refractivity contribution is 0.100. The summed E-state index contributed by atoms with van der Waals surface area (Å²) in [4.78, 5) is 0. The van der Waals surface area contributed by atoms with E-state index >= 15 is 0 Å². The molecule has 0 amide bonds. The minimum absolute atomic E-state index is 0.310. The first kappa shape index (κ1) is 16.2. The topological polar surface area (TPSA) is 21.3 Å². The second-order valence-corrected chi connectivity index (χ2v) is 5.31. The highest BCUT2D eigenvalue weighted by Crippen LogP contribution is 2.11.